The molecule has 3 fully saturated rings. The Hall–Kier alpha value is -11.6. The van der Waals surface area contributed by atoms with E-state index in [0.717, 1.165) is 88.4 Å². The highest BCUT2D eigenvalue weighted by Crippen LogP contribution is 2.32. The number of amides is 6. The number of rotatable bonds is 20. The van der Waals surface area contributed by atoms with Crippen LogP contribution in [0.3, 0.4) is 0 Å². The molecule has 6 heterocycles. The Morgan fingerprint density at radius 1 is 0.455 bits per heavy atom. The maximum atomic E-state index is 12.4. The number of nitrogens with two attached hydrogens (primary N) is 4. The topological polar surface area (TPSA) is 500 Å². The van der Waals surface area contributed by atoms with Crippen LogP contribution in [0.2, 0.25) is 10.0 Å². The fourth-order valence-corrected chi connectivity index (χ4v) is 12.6. The summed E-state index contributed by atoms with van der Waals surface area (Å²) in [6, 6.07) is 17.2. The predicted molar refractivity (Wildman–Crippen MR) is 425 cm³/mol. The van der Waals surface area contributed by atoms with Crippen molar-refractivity contribution in [3.05, 3.63) is 143 Å². The number of aromatic nitrogens is 15. The van der Waals surface area contributed by atoms with E-state index in [4.69, 9.17) is 60.3 Å². The maximum absolute atomic E-state index is 12.4. The Morgan fingerprint density at radius 3 is 1.30 bits per heavy atom. The lowest BCUT2D eigenvalue weighted by Crippen LogP contribution is -2.50. The average molecular weight is 1600 g/mol. The van der Waals surface area contributed by atoms with Crippen molar-refractivity contribution < 1.29 is 43.0 Å². The molecule has 0 saturated heterocycles. The molecule has 16 N–H and O–H groups in total. The van der Waals surface area contributed by atoms with Crippen molar-refractivity contribution >= 4 is 117 Å². The lowest BCUT2D eigenvalue weighted by Gasteiger charge is -2.33. The van der Waals surface area contributed by atoms with Crippen molar-refractivity contribution in [1.29, 1.82) is 0 Å². The number of thioether (sulfide) groups is 1. The first-order valence-corrected chi connectivity index (χ1v) is 38.1. The van der Waals surface area contributed by atoms with Crippen molar-refractivity contribution in [2.75, 3.05) is 32.8 Å². The normalized spacial score (nSPS) is 17.4. The Morgan fingerprint density at radius 2 is 0.848 bits per heavy atom. The van der Waals surface area contributed by atoms with E-state index < -0.39 is 46.7 Å². The first-order chi connectivity index (χ1) is 53.2. The third-order valence-electron chi connectivity index (χ3n) is 16.8. The van der Waals surface area contributed by atoms with Gasteiger partial charge in [-0.3, -0.25) is 14.4 Å². The van der Waals surface area contributed by atoms with Gasteiger partial charge in [-0.25, -0.2) is 34.3 Å². The number of carbonyl (C=O) groups excluding carboxylic acids is 6. The summed E-state index contributed by atoms with van der Waals surface area (Å²) in [4.78, 5) is 102. The number of nitrogens with one attached hydrogen (secondary N) is 8. The molecule has 3 saturated carbocycles. The largest absolute Gasteiger partial charge is 0.444 e. The van der Waals surface area contributed by atoms with Crippen molar-refractivity contribution in [2.45, 2.75) is 198 Å². The molecule has 3 aromatic carbocycles. The molecule has 0 spiro atoms. The molecule has 6 aromatic heterocycles. The molecule has 596 valence electrons. The quantitative estimate of drug-likeness (QED) is 0.0192. The molecule has 36 nitrogen and oxygen atoms in total. The van der Waals surface area contributed by atoms with Gasteiger partial charge in [-0.2, -0.15) is 54.9 Å². The first kappa shape index (κ1) is 84.4. The van der Waals surface area contributed by atoms with Crippen LogP contribution in [-0.2, 0) is 14.2 Å². The van der Waals surface area contributed by atoms with Crippen molar-refractivity contribution in [3.8, 4) is 17.1 Å². The molecule has 12 rings (SSSR count). The van der Waals surface area contributed by atoms with Gasteiger partial charge in [0.2, 0.25) is 11.9 Å². The summed E-state index contributed by atoms with van der Waals surface area (Å²) < 4.78 is 16.0. The van der Waals surface area contributed by atoms with Crippen LogP contribution in [0.4, 0.5) is 60.8 Å². The zero-order valence-electron chi connectivity index (χ0n) is 63.8. The fraction of sp³-hybridized carbons (Fsp3) is 0.425. The lowest BCUT2D eigenvalue weighted by atomic mass is 9.90. The Kier molecular flexibility index (Phi) is 29.3. The Labute approximate surface area is 661 Å². The molecule has 3 aliphatic carbocycles. The molecule has 0 aliphatic heterocycles. The van der Waals surface area contributed by atoms with E-state index in [-0.39, 0.29) is 76.6 Å². The highest BCUT2D eigenvalue weighted by atomic mass is 35.5. The molecule has 9 aromatic rings. The standard InChI is InChI=1S/2C24H30ClN9O3.C14H13N7OS.C11H22N2O2/c1-24(2,3)37-23(36)32-19-7-5-4-6-18(19)31-22-27-13-17(20(26)35)21(33-22)30-15-10-14(25)11-16(12-15)34-28-8-9-29-34;1-24(2,3)37-23(36)32-18-7-5-4-6-17(18)31-22-27-13-15(20(26)35)21(33-22)30-14-8-9-16(25)19(12-14)34-28-10-11-29-34;1-23-14-16-8-11(12(15)22)13(20-14)19-9-3-2-4-10(7-9)21-17-5-6-18-21;1-11(2,3)15-10(14)13-9-7-5-4-6-8(9)12/h8-13,18-19H,4-7H2,1-3H3,(H2,26,35)(H,32,36)(H2,27,30,31,33);8-13,17-18H,4-7H2,1-3H3,(H2,26,35)(H,32,36)(H2,27,30,31,33);2-8H,1H3,(H2,15,22)(H,16,19,20);8-9H,4-7,12H2,1-3H3,(H,13,14)/t18-,19+;17-,18+;;8-,9+/m11.1/s1. The van der Waals surface area contributed by atoms with Gasteiger partial charge in [0.15, 0.2) is 5.16 Å². The number of hydrogen-bond donors (Lipinski definition) is 12. The number of hydrogen-bond acceptors (Lipinski definition) is 28. The third kappa shape index (κ3) is 26.0. The minimum Gasteiger partial charge on any atom is -0.444 e. The fourth-order valence-electron chi connectivity index (χ4n) is 11.9. The summed E-state index contributed by atoms with van der Waals surface area (Å²) >= 11 is 14.0. The van der Waals surface area contributed by atoms with Crippen molar-refractivity contribution in [2.24, 2.45) is 22.9 Å². The highest BCUT2D eigenvalue weighted by molar-refractivity contribution is 7.98. The van der Waals surface area contributed by atoms with E-state index >= 15 is 0 Å². The van der Waals surface area contributed by atoms with Gasteiger partial charge in [-0.15, -0.1) is 0 Å². The predicted octanol–water partition coefficient (Wildman–Crippen LogP) is 11.0. The van der Waals surface area contributed by atoms with Crippen LogP contribution in [0.1, 0.15) is 170 Å². The van der Waals surface area contributed by atoms with Gasteiger partial charge in [-0.05, 0) is 162 Å². The molecule has 0 radical (unpaired) electrons. The van der Waals surface area contributed by atoms with Gasteiger partial charge in [0.1, 0.15) is 56.6 Å². The minimum atomic E-state index is -0.688. The smallest absolute Gasteiger partial charge is 0.407 e. The van der Waals surface area contributed by atoms with Gasteiger partial charge in [0.25, 0.3) is 17.7 Å². The second-order valence-electron chi connectivity index (χ2n) is 29.1. The van der Waals surface area contributed by atoms with Gasteiger partial charge in [0.05, 0.1) is 65.7 Å². The van der Waals surface area contributed by atoms with Crippen LogP contribution < -0.4 is 65.5 Å². The second kappa shape index (κ2) is 38.9. The summed E-state index contributed by atoms with van der Waals surface area (Å²) in [5.74, 6) is -0.596. The van der Waals surface area contributed by atoms with E-state index in [2.05, 4.69) is 103 Å². The summed E-state index contributed by atoms with van der Waals surface area (Å²) in [5, 5.41) is 50.7. The Bertz CT molecular complexity index is 4660. The van der Waals surface area contributed by atoms with E-state index in [1.807, 2.05) is 92.8 Å². The van der Waals surface area contributed by atoms with Crippen LogP contribution in [0.15, 0.2) is 122 Å². The number of carbonyl (C=O) groups is 6. The molecular weight excluding hydrogens is 1500 g/mol. The molecule has 6 atom stereocenters. The number of primary amides is 3. The van der Waals surface area contributed by atoms with Crippen LogP contribution in [0.25, 0.3) is 17.1 Å². The Balaban J connectivity index is 0.000000180. The molecule has 39 heteroatoms. The zero-order valence-corrected chi connectivity index (χ0v) is 66.1. The average Bonchev–Trinajstić information content (AvgIpc) is 1.12. The molecule has 112 heavy (non-hydrogen) atoms. The first-order valence-electron chi connectivity index (χ1n) is 36.1. The summed E-state index contributed by atoms with van der Waals surface area (Å²) in [5.41, 5.74) is 25.1. The van der Waals surface area contributed by atoms with E-state index in [0.29, 0.717) is 49.7 Å². The van der Waals surface area contributed by atoms with Gasteiger partial charge in [-0.1, -0.05) is 79.6 Å². The van der Waals surface area contributed by atoms with Crippen LogP contribution in [-0.4, -0.2) is 170 Å². The lowest BCUT2D eigenvalue weighted by molar-refractivity contribution is 0.0475. The number of benzene rings is 3. The van der Waals surface area contributed by atoms with Gasteiger partial charge < -0.3 is 79.7 Å². The molecule has 0 unspecified atom stereocenters. The van der Waals surface area contributed by atoms with Crippen LogP contribution >= 0.6 is 35.0 Å². The van der Waals surface area contributed by atoms with Gasteiger partial charge in [0, 0.05) is 64.8 Å². The molecular formula is C73H95Cl2N27O9S. The summed E-state index contributed by atoms with van der Waals surface area (Å²) in [6.07, 6.45) is 25.5. The highest BCUT2D eigenvalue weighted by Gasteiger charge is 2.32. The van der Waals surface area contributed by atoms with E-state index in [1.165, 1.54) is 44.7 Å². The number of alkyl carbamates (subject to hydrolysis) is 3. The molecule has 6 amide bonds. The maximum Gasteiger partial charge on any atom is 0.407 e. The monoisotopic (exact) mass is 1600 g/mol. The second-order valence-corrected chi connectivity index (χ2v) is 30.8. The van der Waals surface area contributed by atoms with Crippen molar-refractivity contribution in [1.82, 2.24) is 90.8 Å². The molecule has 0 bridgehead atoms. The number of halogens is 2. The zero-order chi connectivity index (χ0) is 80.9. The van der Waals surface area contributed by atoms with E-state index in [9.17, 15) is 28.8 Å². The summed E-state index contributed by atoms with van der Waals surface area (Å²) in [7, 11) is 0. The summed E-state index contributed by atoms with van der Waals surface area (Å²) in [6.45, 7) is 16.5. The molecule has 3 aliphatic rings. The number of nitrogens with zero attached hydrogens (tertiary/aromatic N) is 15. The third-order valence-corrected chi connectivity index (χ3v) is 17.9. The van der Waals surface area contributed by atoms with Crippen molar-refractivity contribution in [3.63, 3.8) is 0 Å². The van der Waals surface area contributed by atoms with Crippen LogP contribution in [0.5, 0.6) is 0 Å². The number of ether oxygens (including phenoxy) is 3. The van der Waals surface area contributed by atoms with E-state index in [1.54, 1.807) is 73.6 Å². The minimum absolute atomic E-state index is 0.0752. The van der Waals surface area contributed by atoms with Gasteiger partial charge >= 0.3 is 18.3 Å². The van der Waals surface area contributed by atoms with Crippen LogP contribution in [0, 0.1) is 0 Å². The number of anilines is 8. The SMILES string of the molecule is CC(C)(C)OC(=O)N[C@H]1CCCC[C@H]1N.CC(C)(C)OC(=O)N[C@H]1CCCC[C@H]1Nc1ncc(C(N)=O)c(Nc2cc(Cl)cc(-n3nccn3)c2)n1.CC(C)(C)OC(=O)N[C@H]1CCCC[C@H]1Nc1ncc(C(N)=O)c(Nc2ccc(Cl)c(-n3nccn3)c2)n1.CSc1ncc(C(N)=O)c(Nc2cccc(-n3nccn3)c2)n1.